The van der Waals surface area contributed by atoms with Gasteiger partial charge in [-0.05, 0) is 12.1 Å². The molecule has 1 aliphatic heterocycles. The van der Waals surface area contributed by atoms with E-state index in [0.29, 0.717) is 0 Å². The first-order valence-electron chi connectivity index (χ1n) is 8.37. The van der Waals surface area contributed by atoms with E-state index in [1.165, 1.54) is 5.56 Å². The van der Waals surface area contributed by atoms with Crippen molar-refractivity contribution in [2.45, 2.75) is 25.8 Å². The van der Waals surface area contributed by atoms with Crippen molar-refractivity contribution in [1.82, 2.24) is 4.90 Å². The Kier molecular flexibility index (Phi) is 16.4. The molecule has 2 aromatic carbocycles. The van der Waals surface area contributed by atoms with E-state index in [4.69, 9.17) is 0 Å². The first-order valence-corrected chi connectivity index (χ1v) is 8.37. The van der Waals surface area contributed by atoms with E-state index in [2.05, 4.69) is 53.5 Å². The summed E-state index contributed by atoms with van der Waals surface area (Å²) in [6.07, 6.45) is 3.23. The summed E-state index contributed by atoms with van der Waals surface area (Å²) in [6.45, 7) is 8.06. The van der Waals surface area contributed by atoms with Crippen LogP contribution in [0.5, 0.6) is 0 Å². The Labute approximate surface area is 193 Å². The van der Waals surface area contributed by atoms with Crippen molar-refractivity contribution in [3.8, 4) is 0 Å². The molecule has 2 aromatic rings. The molecule has 1 radical (unpaired) electrons. The zero-order valence-electron chi connectivity index (χ0n) is 14.8. The van der Waals surface area contributed by atoms with Crippen molar-refractivity contribution >= 4 is 0 Å². The van der Waals surface area contributed by atoms with Crippen molar-refractivity contribution in [2.24, 2.45) is 0 Å². The summed E-state index contributed by atoms with van der Waals surface area (Å²) in [4.78, 5) is 2.50. The Morgan fingerprint density at radius 1 is 1.00 bits per heavy atom. The molecule has 0 bridgehead atoms. The number of piperidine rings is 1. The van der Waals surface area contributed by atoms with Crippen molar-refractivity contribution in [3.63, 3.8) is 0 Å². The van der Waals surface area contributed by atoms with Crippen molar-refractivity contribution in [2.75, 3.05) is 19.6 Å². The number of benzene rings is 2. The Bertz CT molecular complexity index is 477. The van der Waals surface area contributed by atoms with Crippen LogP contribution in [0.25, 0.3) is 5.32 Å². The summed E-state index contributed by atoms with van der Waals surface area (Å²) < 4.78 is 0. The van der Waals surface area contributed by atoms with Gasteiger partial charge in [0.2, 0.25) is 0 Å². The zero-order valence-corrected chi connectivity index (χ0v) is 20.6. The van der Waals surface area contributed by atoms with E-state index in [1.807, 2.05) is 30.3 Å². The molecule has 131 valence electrons. The Hall–Kier alpha value is 0.152. The Morgan fingerprint density at radius 2 is 1.60 bits per heavy atom. The van der Waals surface area contributed by atoms with Gasteiger partial charge in [0.1, 0.15) is 0 Å². The van der Waals surface area contributed by atoms with E-state index in [-0.39, 0.29) is 53.8 Å². The van der Waals surface area contributed by atoms with Gasteiger partial charge in [-0.15, -0.1) is 0 Å². The SMILES string of the molecule is [CH2-]CCN(Cc1ccccc1)[C-]1CC[N-]CC1.[W+2].[Y].[c-]1ccccc1. The Balaban J connectivity index is 0.000000616. The van der Waals surface area contributed by atoms with Gasteiger partial charge in [-0.2, -0.15) is 68.8 Å². The van der Waals surface area contributed by atoms with Crippen LogP contribution in [0.1, 0.15) is 24.8 Å². The molecule has 0 amide bonds. The molecule has 1 heterocycles. The quantitative estimate of drug-likeness (QED) is 0.462. The topological polar surface area (TPSA) is 17.3 Å². The smallest absolute Gasteiger partial charge is 0.666 e. The molecular formula is C21H26N2WY-2. The van der Waals surface area contributed by atoms with Crippen molar-refractivity contribution in [1.29, 1.82) is 0 Å². The molecule has 0 spiro atoms. The molecule has 25 heavy (non-hydrogen) atoms. The number of hydrogen-bond acceptors (Lipinski definition) is 1. The predicted octanol–water partition coefficient (Wildman–Crippen LogP) is 4.89. The van der Waals surface area contributed by atoms with Crippen LogP contribution in [-0.2, 0) is 60.3 Å². The van der Waals surface area contributed by atoms with Gasteiger partial charge in [0, 0.05) is 32.7 Å². The second-order valence-electron chi connectivity index (χ2n) is 5.58. The molecule has 4 heteroatoms. The maximum Gasteiger partial charge on any atom is 2.00 e. The molecule has 1 aliphatic rings. The minimum atomic E-state index is 0. The van der Waals surface area contributed by atoms with Gasteiger partial charge < -0.3 is 17.1 Å². The third-order valence-corrected chi connectivity index (χ3v) is 3.82. The van der Waals surface area contributed by atoms with Crippen LogP contribution in [-0.4, -0.2) is 24.5 Å². The van der Waals surface area contributed by atoms with E-state index in [9.17, 15) is 0 Å². The van der Waals surface area contributed by atoms with Gasteiger partial charge in [-0.3, -0.25) is 6.04 Å². The first-order chi connectivity index (χ1) is 11.4. The summed E-state index contributed by atoms with van der Waals surface area (Å²) in [5.41, 5.74) is 1.39. The van der Waals surface area contributed by atoms with E-state index >= 15 is 0 Å². The second kappa shape index (κ2) is 16.3. The van der Waals surface area contributed by atoms with Crippen LogP contribution >= 0.6 is 0 Å². The van der Waals surface area contributed by atoms with Crippen LogP contribution < -0.4 is 0 Å². The zero-order chi connectivity index (χ0) is 16.2. The average Bonchev–Trinajstić information content (AvgIpc) is 2.65. The average molecular weight is 579 g/mol. The number of rotatable bonds is 5. The molecule has 0 unspecified atom stereocenters. The Morgan fingerprint density at radius 3 is 2.08 bits per heavy atom. The molecule has 0 saturated carbocycles. The van der Waals surface area contributed by atoms with Crippen LogP contribution in [0.3, 0.4) is 0 Å². The fourth-order valence-electron chi connectivity index (χ4n) is 2.65. The van der Waals surface area contributed by atoms with Crippen LogP contribution in [0.15, 0.2) is 60.7 Å². The van der Waals surface area contributed by atoms with Crippen LogP contribution in [0, 0.1) is 19.0 Å². The molecule has 0 N–H and O–H groups in total. The minimum Gasteiger partial charge on any atom is -0.666 e. The minimum absolute atomic E-state index is 0. The van der Waals surface area contributed by atoms with Gasteiger partial charge in [0.05, 0.1) is 0 Å². The second-order valence-corrected chi connectivity index (χ2v) is 5.58. The predicted molar refractivity (Wildman–Crippen MR) is 97.7 cm³/mol. The standard InChI is InChI=1S/C15H21N2.C6H5.W.Y/c1-2-12-17(15-8-10-16-11-9-15)13-14-6-4-3-5-7-14;1-2-4-6-5-3-1;;/h3-7H,1-2,8-13H2;1-5H;;/q-3;-1;+2;. The summed E-state index contributed by atoms with van der Waals surface area (Å²) in [7, 11) is 0. The third kappa shape index (κ3) is 10.8. The maximum atomic E-state index is 4.41. The molecule has 3 rings (SSSR count). The molecule has 0 atom stereocenters. The summed E-state index contributed by atoms with van der Waals surface area (Å²) in [5.74, 6) is 0. The van der Waals surface area contributed by atoms with Crippen LogP contribution in [0.4, 0.5) is 0 Å². The van der Waals surface area contributed by atoms with Gasteiger partial charge >= 0.3 is 21.1 Å². The van der Waals surface area contributed by atoms with Crippen molar-refractivity contribution in [3.05, 3.63) is 90.6 Å². The number of hydrogen-bond donors (Lipinski definition) is 0. The third-order valence-electron chi connectivity index (χ3n) is 3.82. The summed E-state index contributed by atoms with van der Waals surface area (Å²) in [6, 6.07) is 24.7. The molecule has 1 saturated heterocycles. The van der Waals surface area contributed by atoms with E-state index < -0.39 is 0 Å². The molecule has 0 aliphatic carbocycles. The van der Waals surface area contributed by atoms with E-state index in [0.717, 1.165) is 45.4 Å². The summed E-state index contributed by atoms with van der Waals surface area (Å²) in [5, 5.41) is 4.41. The van der Waals surface area contributed by atoms with E-state index in [1.54, 1.807) is 6.04 Å². The molecule has 2 nitrogen and oxygen atoms in total. The monoisotopic (exact) mass is 579 g/mol. The molecule has 1 fully saturated rings. The largest absolute Gasteiger partial charge is 2.00 e. The fraction of sp³-hybridized carbons (Fsp3) is 0.333. The first kappa shape index (κ1) is 25.2. The molecular weight excluding hydrogens is 553 g/mol. The fourth-order valence-corrected chi connectivity index (χ4v) is 2.65. The maximum absolute atomic E-state index is 4.41. The van der Waals surface area contributed by atoms with Crippen LogP contribution in [0.2, 0.25) is 0 Å². The number of nitrogens with zero attached hydrogens (tertiary/aromatic N) is 2. The molecule has 0 aromatic heterocycles. The van der Waals surface area contributed by atoms with Gasteiger partial charge in [0.25, 0.3) is 0 Å². The van der Waals surface area contributed by atoms with Gasteiger partial charge in [0.15, 0.2) is 0 Å². The van der Waals surface area contributed by atoms with Gasteiger partial charge in [-0.1, -0.05) is 36.9 Å². The summed E-state index contributed by atoms with van der Waals surface area (Å²) >= 11 is 0. The normalized spacial score (nSPS) is 13.8. The van der Waals surface area contributed by atoms with Gasteiger partial charge in [-0.25, -0.2) is 0 Å². The van der Waals surface area contributed by atoms with Crippen molar-refractivity contribution < 1.29 is 53.8 Å².